The van der Waals surface area contributed by atoms with Crippen LogP contribution >= 0.6 is 0 Å². The Balaban J connectivity index is 1.16. The van der Waals surface area contributed by atoms with Gasteiger partial charge in [-0.15, -0.1) is 0 Å². The van der Waals surface area contributed by atoms with Crippen molar-refractivity contribution in [1.29, 1.82) is 0 Å². The van der Waals surface area contributed by atoms with Gasteiger partial charge in [-0.25, -0.2) is 0 Å². The fourth-order valence-corrected chi connectivity index (χ4v) is 6.54. The highest BCUT2D eigenvalue weighted by molar-refractivity contribution is 5.99. The number of aromatic hydroxyl groups is 1. The third kappa shape index (κ3) is 6.60. The average Bonchev–Trinajstić information content (AvgIpc) is 3.55. The maximum absolute atomic E-state index is 14.1. The van der Waals surface area contributed by atoms with Gasteiger partial charge in [0, 0.05) is 53.0 Å². The topological polar surface area (TPSA) is 95.1 Å². The van der Waals surface area contributed by atoms with E-state index in [-0.39, 0.29) is 23.4 Å². The third-order valence-electron chi connectivity index (χ3n) is 9.02. The molecule has 0 radical (unpaired) electrons. The summed E-state index contributed by atoms with van der Waals surface area (Å²) >= 11 is 0. The van der Waals surface area contributed by atoms with E-state index in [0.717, 1.165) is 44.1 Å². The van der Waals surface area contributed by atoms with Crippen molar-refractivity contribution in [3.63, 3.8) is 0 Å². The molecular formula is C42H35N3O3. The van der Waals surface area contributed by atoms with E-state index < -0.39 is 6.04 Å². The van der Waals surface area contributed by atoms with Crippen LogP contribution in [0.5, 0.6) is 5.75 Å². The zero-order valence-corrected chi connectivity index (χ0v) is 26.3. The van der Waals surface area contributed by atoms with Crippen LogP contribution in [0, 0.1) is 0 Å². The molecule has 236 valence electrons. The first-order valence-corrected chi connectivity index (χ1v) is 16.2. The largest absolute Gasteiger partial charge is 0.506 e. The van der Waals surface area contributed by atoms with Gasteiger partial charge < -0.3 is 15.4 Å². The SMILES string of the molecule is O=C(NC(Cc1c[nH]c2ccccc12)C(=O)CCC(c1ccccc1)c1ccccc1)c1cccc(-c2cc(O)c3ncccc3c2)c1. The van der Waals surface area contributed by atoms with Crippen molar-refractivity contribution in [3.8, 4) is 16.9 Å². The summed E-state index contributed by atoms with van der Waals surface area (Å²) in [7, 11) is 0. The Labute approximate surface area is 279 Å². The molecule has 1 amide bonds. The number of carbonyl (C=O) groups excluding carboxylic acids is 2. The van der Waals surface area contributed by atoms with Crippen LogP contribution in [0.15, 0.2) is 146 Å². The summed E-state index contributed by atoms with van der Waals surface area (Å²) in [6.07, 6.45) is 4.84. The van der Waals surface area contributed by atoms with Gasteiger partial charge in [0.15, 0.2) is 5.78 Å². The van der Waals surface area contributed by atoms with Gasteiger partial charge in [-0.2, -0.15) is 0 Å². The van der Waals surface area contributed by atoms with Gasteiger partial charge >= 0.3 is 0 Å². The highest BCUT2D eigenvalue weighted by atomic mass is 16.3. The number of benzene rings is 5. The Kier molecular flexibility index (Phi) is 8.79. The zero-order chi connectivity index (χ0) is 32.9. The number of carbonyl (C=O) groups is 2. The average molecular weight is 630 g/mol. The number of Topliss-reactive ketones (excluding diaryl/α,β-unsaturated/α-hetero) is 1. The van der Waals surface area contributed by atoms with Crippen LogP contribution in [0.4, 0.5) is 0 Å². The Hall–Kier alpha value is -6.01. The monoisotopic (exact) mass is 629 g/mol. The Morgan fingerprint density at radius 3 is 2.25 bits per heavy atom. The fraction of sp³-hybridized carbons (Fsp3) is 0.119. The number of fused-ring (bicyclic) bond motifs is 2. The molecule has 7 aromatic rings. The van der Waals surface area contributed by atoms with Crippen LogP contribution in [0.1, 0.15) is 45.8 Å². The summed E-state index contributed by atoms with van der Waals surface area (Å²) in [6, 6.07) is 42.3. The molecule has 2 heterocycles. The van der Waals surface area contributed by atoms with E-state index in [0.29, 0.717) is 30.3 Å². The number of rotatable bonds is 11. The first kappa shape index (κ1) is 30.6. The van der Waals surface area contributed by atoms with Gasteiger partial charge in [-0.05, 0) is 70.6 Å². The number of aromatic amines is 1. The normalized spacial score (nSPS) is 11.9. The smallest absolute Gasteiger partial charge is 0.251 e. The minimum absolute atomic E-state index is 0.0198. The van der Waals surface area contributed by atoms with Crippen LogP contribution in [0.2, 0.25) is 0 Å². The quantitative estimate of drug-likeness (QED) is 0.134. The van der Waals surface area contributed by atoms with Gasteiger partial charge in [0.05, 0.1) is 6.04 Å². The first-order valence-electron chi connectivity index (χ1n) is 16.2. The second-order valence-corrected chi connectivity index (χ2v) is 12.1. The Morgan fingerprint density at radius 1 is 0.750 bits per heavy atom. The molecule has 0 aliphatic rings. The lowest BCUT2D eigenvalue weighted by atomic mass is 9.86. The predicted molar refractivity (Wildman–Crippen MR) is 191 cm³/mol. The van der Waals surface area contributed by atoms with Crippen LogP contribution in [-0.2, 0) is 11.2 Å². The molecule has 0 saturated carbocycles. The van der Waals surface area contributed by atoms with Gasteiger partial charge in [-0.1, -0.05) is 97.1 Å². The first-order chi connectivity index (χ1) is 23.5. The molecule has 6 nitrogen and oxygen atoms in total. The molecule has 0 aliphatic carbocycles. The second-order valence-electron chi connectivity index (χ2n) is 12.1. The number of nitrogens with zero attached hydrogens (tertiary/aromatic N) is 1. The molecule has 0 spiro atoms. The fourth-order valence-electron chi connectivity index (χ4n) is 6.54. The molecule has 0 fully saturated rings. The highest BCUT2D eigenvalue weighted by Gasteiger charge is 2.25. The number of hydrogen-bond donors (Lipinski definition) is 3. The van der Waals surface area contributed by atoms with Crippen LogP contribution < -0.4 is 5.32 Å². The Morgan fingerprint density at radius 2 is 1.48 bits per heavy atom. The van der Waals surface area contributed by atoms with Gasteiger partial charge in [0.25, 0.3) is 5.91 Å². The van der Waals surface area contributed by atoms with Crippen molar-refractivity contribution in [2.75, 3.05) is 0 Å². The molecule has 6 heteroatoms. The molecule has 5 aromatic carbocycles. The summed E-state index contributed by atoms with van der Waals surface area (Å²) in [5.41, 5.74) is 6.76. The minimum Gasteiger partial charge on any atom is -0.506 e. The number of hydrogen-bond acceptors (Lipinski definition) is 4. The molecule has 1 unspecified atom stereocenters. The van der Waals surface area contributed by atoms with Crippen molar-refractivity contribution in [2.45, 2.75) is 31.2 Å². The highest BCUT2D eigenvalue weighted by Crippen LogP contribution is 2.32. The van der Waals surface area contributed by atoms with Crippen molar-refractivity contribution < 1.29 is 14.7 Å². The van der Waals surface area contributed by atoms with E-state index in [1.165, 1.54) is 0 Å². The van der Waals surface area contributed by atoms with E-state index in [4.69, 9.17) is 0 Å². The van der Waals surface area contributed by atoms with Gasteiger partial charge in [0.2, 0.25) is 0 Å². The number of ketones is 1. The third-order valence-corrected chi connectivity index (χ3v) is 9.02. The van der Waals surface area contributed by atoms with Crippen molar-refractivity contribution in [2.24, 2.45) is 0 Å². The lowest BCUT2D eigenvalue weighted by Gasteiger charge is -2.21. The van der Waals surface area contributed by atoms with Crippen molar-refractivity contribution in [3.05, 3.63) is 168 Å². The number of pyridine rings is 1. The number of amides is 1. The zero-order valence-electron chi connectivity index (χ0n) is 26.3. The number of phenols is 1. The van der Waals surface area contributed by atoms with Crippen molar-refractivity contribution >= 4 is 33.5 Å². The van der Waals surface area contributed by atoms with Crippen LogP contribution in [0.25, 0.3) is 32.9 Å². The van der Waals surface area contributed by atoms with Crippen LogP contribution in [-0.4, -0.2) is 32.8 Å². The number of nitrogens with one attached hydrogen (secondary N) is 2. The summed E-state index contributed by atoms with van der Waals surface area (Å²) in [5.74, 6) is -0.226. The maximum Gasteiger partial charge on any atom is 0.251 e. The van der Waals surface area contributed by atoms with Gasteiger partial charge in [0.1, 0.15) is 11.3 Å². The summed E-state index contributed by atoms with van der Waals surface area (Å²) in [6.45, 7) is 0. The Bertz CT molecular complexity index is 2170. The lowest BCUT2D eigenvalue weighted by Crippen LogP contribution is -2.42. The lowest BCUT2D eigenvalue weighted by molar-refractivity contribution is -0.121. The van der Waals surface area contributed by atoms with E-state index >= 15 is 0 Å². The second kappa shape index (κ2) is 13.8. The van der Waals surface area contributed by atoms with Crippen molar-refractivity contribution in [1.82, 2.24) is 15.3 Å². The minimum atomic E-state index is -0.733. The molecule has 3 N–H and O–H groups in total. The van der Waals surface area contributed by atoms with Gasteiger partial charge in [-0.3, -0.25) is 14.6 Å². The molecule has 1 atom stereocenters. The van der Waals surface area contributed by atoms with Crippen LogP contribution in [0.3, 0.4) is 0 Å². The molecule has 48 heavy (non-hydrogen) atoms. The summed E-state index contributed by atoms with van der Waals surface area (Å²) in [4.78, 5) is 35.6. The van der Waals surface area contributed by atoms with E-state index in [9.17, 15) is 14.7 Å². The molecule has 0 aliphatic heterocycles. The molecule has 7 rings (SSSR count). The summed E-state index contributed by atoms with van der Waals surface area (Å²) in [5, 5.41) is 15.6. The molecule has 0 bridgehead atoms. The summed E-state index contributed by atoms with van der Waals surface area (Å²) < 4.78 is 0. The maximum atomic E-state index is 14.1. The number of phenolic OH excluding ortho intramolecular Hbond substituents is 1. The number of para-hydroxylation sites is 1. The van der Waals surface area contributed by atoms with E-state index in [1.807, 2.05) is 97.2 Å². The molecule has 0 saturated heterocycles. The number of aromatic nitrogens is 2. The number of H-pyrrole nitrogens is 1. The standard InChI is InChI=1S/C42H35N3O3/c46-39(21-20-35(28-11-3-1-4-12-28)29-13-5-2-6-14-29)38(25-34-27-44-37-19-8-7-18-36(34)37)45-42(48)32-16-9-15-30(23-32)33-24-31-17-10-22-43-41(31)40(47)26-33/h1-19,22-24,26-27,35,38,44,47H,20-21,25H2,(H,45,48). The molecule has 2 aromatic heterocycles. The van der Waals surface area contributed by atoms with E-state index in [1.54, 1.807) is 24.4 Å². The predicted octanol–water partition coefficient (Wildman–Crippen LogP) is 8.61. The van der Waals surface area contributed by atoms with E-state index in [2.05, 4.69) is 39.6 Å². The molecular weight excluding hydrogens is 594 g/mol.